The van der Waals surface area contributed by atoms with Gasteiger partial charge in [-0.2, -0.15) is 0 Å². The Morgan fingerprint density at radius 1 is 1.03 bits per heavy atom. The van der Waals surface area contributed by atoms with E-state index in [1.165, 1.54) is 11.3 Å². The number of hydrogen-bond acceptors (Lipinski definition) is 5. The summed E-state index contributed by atoms with van der Waals surface area (Å²) in [6.07, 6.45) is 0.661. The number of carboxylic acid groups (broad SMARTS) is 1. The second kappa shape index (κ2) is 9.07. The number of nitrogens with one attached hydrogen (secondary N) is 1. The Balaban J connectivity index is 1.50. The van der Waals surface area contributed by atoms with Gasteiger partial charge in [-0.15, -0.1) is 11.3 Å². The van der Waals surface area contributed by atoms with Crippen LogP contribution in [0.5, 0.6) is 0 Å². The SMILES string of the molecule is C[C@@H](OC(=O)Nc1c(-c2ccc(-c3ccc(C(=O)O)s3)cc2)ncn1C)c1ccccc1. The molecule has 0 unspecified atom stereocenters. The van der Waals surface area contributed by atoms with Gasteiger partial charge in [-0.1, -0.05) is 54.6 Å². The van der Waals surface area contributed by atoms with Crippen LogP contribution in [0.1, 0.15) is 28.3 Å². The van der Waals surface area contributed by atoms with E-state index >= 15 is 0 Å². The van der Waals surface area contributed by atoms with Gasteiger partial charge in [0.1, 0.15) is 22.5 Å². The molecule has 32 heavy (non-hydrogen) atoms. The van der Waals surface area contributed by atoms with E-state index in [0.717, 1.165) is 21.6 Å². The van der Waals surface area contributed by atoms with Gasteiger partial charge in [0.05, 0.1) is 6.33 Å². The summed E-state index contributed by atoms with van der Waals surface area (Å²) in [5.41, 5.74) is 3.24. The maximum atomic E-state index is 12.5. The fraction of sp³-hybridized carbons (Fsp3) is 0.125. The van der Waals surface area contributed by atoms with Crippen molar-refractivity contribution >= 4 is 29.2 Å². The fourth-order valence-corrected chi connectivity index (χ4v) is 4.12. The quantitative estimate of drug-likeness (QED) is 0.388. The van der Waals surface area contributed by atoms with Gasteiger partial charge in [0.2, 0.25) is 0 Å². The Morgan fingerprint density at radius 2 is 1.72 bits per heavy atom. The lowest BCUT2D eigenvalue weighted by Crippen LogP contribution is -2.18. The van der Waals surface area contributed by atoms with Crippen molar-refractivity contribution in [2.75, 3.05) is 5.32 Å². The van der Waals surface area contributed by atoms with Crippen molar-refractivity contribution in [1.82, 2.24) is 9.55 Å². The molecule has 1 amide bonds. The van der Waals surface area contributed by atoms with Crippen molar-refractivity contribution in [3.8, 4) is 21.7 Å². The molecule has 0 saturated heterocycles. The van der Waals surface area contributed by atoms with E-state index in [-0.39, 0.29) is 0 Å². The average molecular weight is 448 g/mol. The first-order valence-corrected chi connectivity index (χ1v) is 10.7. The second-order valence-corrected chi connectivity index (χ2v) is 8.27. The van der Waals surface area contributed by atoms with Gasteiger partial charge >= 0.3 is 12.1 Å². The zero-order chi connectivity index (χ0) is 22.7. The van der Waals surface area contributed by atoms with E-state index < -0.39 is 18.2 Å². The molecule has 0 saturated carbocycles. The number of anilines is 1. The molecule has 0 bridgehead atoms. The Bertz CT molecular complexity index is 1250. The van der Waals surface area contributed by atoms with E-state index in [1.807, 2.05) is 61.5 Å². The molecule has 2 heterocycles. The summed E-state index contributed by atoms with van der Waals surface area (Å²) in [7, 11) is 1.79. The smallest absolute Gasteiger partial charge is 0.413 e. The Labute approximate surface area is 188 Å². The third kappa shape index (κ3) is 4.55. The van der Waals surface area contributed by atoms with Crippen molar-refractivity contribution in [2.45, 2.75) is 13.0 Å². The molecular formula is C24H21N3O4S. The lowest BCUT2D eigenvalue weighted by Gasteiger charge is -2.15. The highest BCUT2D eigenvalue weighted by Gasteiger charge is 2.17. The molecule has 1 atom stereocenters. The second-order valence-electron chi connectivity index (χ2n) is 7.18. The predicted molar refractivity (Wildman–Crippen MR) is 124 cm³/mol. The summed E-state index contributed by atoms with van der Waals surface area (Å²) in [6, 6.07) is 20.5. The maximum absolute atomic E-state index is 12.5. The molecule has 7 nitrogen and oxygen atoms in total. The Kier molecular flexibility index (Phi) is 6.04. The van der Waals surface area contributed by atoms with Crippen molar-refractivity contribution in [3.05, 3.63) is 83.5 Å². The van der Waals surface area contributed by atoms with E-state index in [9.17, 15) is 9.59 Å². The van der Waals surface area contributed by atoms with E-state index in [0.29, 0.717) is 16.4 Å². The monoisotopic (exact) mass is 447 g/mol. The molecular weight excluding hydrogens is 426 g/mol. The van der Waals surface area contributed by atoms with Crippen LogP contribution in [0.3, 0.4) is 0 Å². The molecule has 2 N–H and O–H groups in total. The van der Waals surface area contributed by atoms with Crippen LogP contribution in [0, 0.1) is 0 Å². The van der Waals surface area contributed by atoms with Gasteiger partial charge in [0.25, 0.3) is 0 Å². The van der Waals surface area contributed by atoms with Crippen LogP contribution in [0.4, 0.5) is 10.6 Å². The number of carbonyl (C=O) groups is 2. The number of aryl methyl sites for hydroxylation is 1. The molecule has 0 aliphatic carbocycles. The summed E-state index contributed by atoms with van der Waals surface area (Å²) in [5.74, 6) is -0.414. The summed E-state index contributed by atoms with van der Waals surface area (Å²) in [4.78, 5) is 29.2. The summed E-state index contributed by atoms with van der Waals surface area (Å²) >= 11 is 1.22. The third-order valence-corrected chi connectivity index (χ3v) is 6.09. The van der Waals surface area contributed by atoms with Crippen LogP contribution < -0.4 is 5.32 Å². The normalized spacial score (nSPS) is 11.7. The minimum absolute atomic E-state index is 0.295. The van der Waals surface area contributed by atoms with Gasteiger partial charge in [-0.05, 0) is 30.2 Å². The Morgan fingerprint density at radius 3 is 2.38 bits per heavy atom. The van der Waals surface area contributed by atoms with E-state index in [1.54, 1.807) is 30.1 Å². The number of thiophene rings is 1. The van der Waals surface area contributed by atoms with Crippen LogP contribution in [0.15, 0.2) is 73.1 Å². The molecule has 4 aromatic rings. The highest BCUT2D eigenvalue weighted by molar-refractivity contribution is 7.17. The van der Waals surface area contributed by atoms with E-state index in [4.69, 9.17) is 9.84 Å². The lowest BCUT2D eigenvalue weighted by molar-refractivity contribution is 0.0702. The number of ether oxygens (including phenoxy) is 1. The maximum Gasteiger partial charge on any atom is 0.413 e. The van der Waals surface area contributed by atoms with Crippen LogP contribution in [-0.2, 0) is 11.8 Å². The third-order valence-electron chi connectivity index (χ3n) is 4.97. The first-order chi connectivity index (χ1) is 15.4. The highest BCUT2D eigenvalue weighted by atomic mass is 32.1. The largest absolute Gasteiger partial charge is 0.477 e. The predicted octanol–water partition coefficient (Wildman–Crippen LogP) is 5.82. The molecule has 0 aliphatic heterocycles. The van der Waals surface area contributed by atoms with Gasteiger partial charge in [-0.25, -0.2) is 14.6 Å². The number of carboxylic acids is 1. The molecule has 4 rings (SSSR count). The minimum Gasteiger partial charge on any atom is -0.477 e. The lowest BCUT2D eigenvalue weighted by atomic mass is 10.1. The number of rotatable bonds is 6. The number of aromatic carboxylic acids is 1. The zero-order valence-corrected chi connectivity index (χ0v) is 18.3. The number of carbonyl (C=O) groups excluding carboxylic acids is 1. The standard InChI is InChI=1S/C24H21N3O4S/c1-15(16-6-4-3-5-7-16)31-24(30)26-22-21(25-14-27(22)2)18-10-8-17(9-11-18)19-12-13-20(32-19)23(28)29/h3-15H,1-2H3,(H,26,30)(H,28,29)/t15-/m1/s1. The molecule has 0 aliphatic rings. The Hall–Kier alpha value is -3.91. The number of aromatic nitrogens is 2. The molecule has 162 valence electrons. The summed E-state index contributed by atoms with van der Waals surface area (Å²) < 4.78 is 7.23. The van der Waals surface area contributed by atoms with Gasteiger partial charge in [0.15, 0.2) is 0 Å². The summed E-state index contributed by atoms with van der Waals surface area (Å²) in [5, 5.41) is 11.9. The first kappa shape index (κ1) is 21.3. The van der Waals surface area contributed by atoms with Gasteiger partial charge < -0.3 is 14.4 Å². The molecule has 0 spiro atoms. The van der Waals surface area contributed by atoms with Crippen LogP contribution in [-0.4, -0.2) is 26.7 Å². The number of imidazole rings is 1. The van der Waals surface area contributed by atoms with Crippen molar-refractivity contribution < 1.29 is 19.4 Å². The summed E-state index contributed by atoms with van der Waals surface area (Å²) in [6.45, 7) is 1.82. The first-order valence-electron chi connectivity index (χ1n) is 9.90. The van der Waals surface area contributed by atoms with Crippen LogP contribution in [0.25, 0.3) is 21.7 Å². The van der Waals surface area contributed by atoms with E-state index in [2.05, 4.69) is 10.3 Å². The van der Waals surface area contributed by atoms with Gasteiger partial charge in [-0.3, -0.25) is 5.32 Å². The minimum atomic E-state index is -0.935. The fourth-order valence-electron chi connectivity index (χ4n) is 3.27. The van der Waals surface area contributed by atoms with Crippen molar-refractivity contribution in [1.29, 1.82) is 0 Å². The van der Waals surface area contributed by atoms with Gasteiger partial charge in [0, 0.05) is 17.5 Å². The number of amides is 1. The number of benzene rings is 2. The molecule has 0 fully saturated rings. The average Bonchev–Trinajstić information content (AvgIpc) is 3.42. The van der Waals surface area contributed by atoms with Crippen LogP contribution in [0.2, 0.25) is 0 Å². The molecule has 2 aromatic carbocycles. The zero-order valence-electron chi connectivity index (χ0n) is 17.5. The topological polar surface area (TPSA) is 93.4 Å². The molecule has 2 aromatic heterocycles. The number of hydrogen-bond donors (Lipinski definition) is 2. The molecule has 0 radical (unpaired) electrons. The molecule has 8 heteroatoms. The van der Waals surface area contributed by atoms with Crippen molar-refractivity contribution in [3.63, 3.8) is 0 Å². The van der Waals surface area contributed by atoms with Crippen LogP contribution >= 0.6 is 11.3 Å². The van der Waals surface area contributed by atoms with Crippen molar-refractivity contribution in [2.24, 2.45) is 7.05 Å². The highest BCUT2D eigenvalue weighted by Crippen LogP contribution is 2.32. The number of nitrogens with zero attached hydrogens (tertiary/aromatic N) is 2.